The topological polar surface area (TPSA) is 32.3 Å². The van der Waals surface area contributed by atoms with Crippen molar-refractivity contribution in [3.63, 3.8) is 0 Å². The maximum atomic E-state index is 9.55. The van der Waals surface area contributed by atoms with E-state index >= 15 is 0 Å². The van der Waals surface area contributed by atoms with Crippen LogP contribution < -0.4 is 5.32 Å². The molecule has 2 nitrogen and oxygen atoms in total. The molecule has 0 heterocycles. The summed E-state index contributed by atoms with van der Waals surface area (Å²) in [6.45, 7) is 3.50. The van der Waals surface area contributed by atoms with Gasteiger partial charge in [-0.15, -0.1) is 0 Å². The summed E-state index contributed by atoms with van der Waals surface area (Å²) >= 11 is 0. The molecule has 1 fully saturated rings. The van der Waals surface area contributed by atoms with Crippen molar-refractivity contribution >= 4 is 0 Å². The zero-order valence-electron chi connectivity index (χ0n) is 11.2. The van der Waals surface area contributed by atoms with Gasteiger partial charge in [0.25, 0.3) is 0 Å². The molecule has 2 N–H and O–H groups in total. The van der Waals surface area contributed by atoms with Crippen molar-refractivity contribution in [1.82, 2.24) is 5.32 Å². The second-order valence-corrected chi connectivity index (χ2v) is 6.05. The fourth-order valence-corrected chi connectivity index (χ4v) is 3.17. The quantitative estimate of drug-likeness (QED) is 0.852. The van der Waals surface area contributed by atoms with Gasteiger partial charge in [0.2, 0.25) is 0 Å². The minimum absolute atomic E-state index is 0.403. The van der Waals surface area contributed by atoms with Crippen LogP contribution in [0.15, 0.2) is 18.2 Å². The molecule has 98 valence electrons. The van der Waals surface area contributed by atoms with E-state index in [0.717, 1.165) is 24.8 Å². The lowest BCUT2D eigenvalue weighted by Crippen LogP contribution is -2.29. The highest BCUT2D eigenvalue weighted by atomic mass is 16.3. The number of nitrogens with one attached hydrogen (secondary N) is 1. The van der Waals surface area contributed by atoms with Crippen LogP contribution in [0.25, 0.3) is 0 Å². The van der Waals surface area contributed by atoms with Gasteiger partial charge < -0.3 is 10.4 Å². The molecule has 2 heteroatoms. The van der Waals surface area contributed by atoms with Crippen molar-refractivity contribution in [2.75, 3.05) is 6.54 Å². The zero-order valence-corrected chi connectivity index (χ0v) is 11.2. The molecule has 0 spiro atoms. The number of fused-ring (bicyclic) bond motifs is 1. The van der Waals surface area contributed by atoms with Crippen LogP contribution in [0.5, 0.6) is 5.75 Å². The monoisotopic (exact) mass is 245 g/mol. The Morgan fingerprint density at radius 2 is 2.17 bits per heavy atom. The van der Waals surface area contributed by atoms with Gasteiger partial charge in [-0.2, -0.15) is 0 Å². The fraction of sp³-hybridized carbons (Fsp3) is 0.625. The normalized spacial score (nSPS) is 24.6. The summed E-state index contributed by atoms with van der Waals surface area (Å²) in [4.78, 5) is 0. The second-order valence-electron chi connectivity index (χ2n) is 6.05. The number of hydrogen-bond donors (Lipinski definition) is 2. The van der Waals surface area contributed by atoms with Crippen LogP contribution >= 0.6 is 0 Å². The summed E-state index contributed by atoms with van der Waals surface area (Å²) < 4.78 is 0. The Labute approximate surface area is 109 Å². The van der Waals surface area contributed by atoms with E-state index in [0.29, 0.717) is 11.8 Å². The third-order valence-electron chi connectivity index (χ3n) is 4.55. The van der Waals surface area contributed by atoms with Crippen molar-refractivity contribution in [3.8, 4) is 5.75 Å². The van der Waals surface area contributed by atoms with E-state index in [1.165, 1.54) is 36.8 Å². The molecule has 3 rings (SSSR count). The Morgan fingerprint density at radius 3 is 2.94 bits per heavy atom. The predicted molar refractivity (Wildman–Crippen MR) is 73.7 cm³/mol. The Morgan fingerprint density at radius 1 is 1.33 bits per heavy atom. The highest BCUT2D eigenvalue weighted by molar-refractivity contribution is 5.38. The first-order chi connectivity index (χ1) is 8.74. The molecule has 1 saturated carbocycles. The molecule has 2 aliphatic carbocycles. The number of hydrogen-bond acceptors (Lipinski definition) is 2. The van der Waals surface area contributed by atoms with Gasteiger partial charge >= 0.3 is 0 Å². The predicted octanol–water partition coefficient (Wildman–Crippen LogP) is 3.41. The molecule has 0 aliphatic heterocycles. The summed E-state index contributed by atoms with van der Waals surface area (Å²) in [5.74, 6) is 2.19. The van der Waals surface area contributed by atoms with Crippen LogP contribution in [0.3, 0.4) is 0 Å². The van der Waals surface area contributed by atoms with Crippen LogP contribution in [-0.2, 0) is 6.42 Å². The molecule has 0 aromatic heterocycles. The van der Waals surface area contributed by atoms with E-state index < -0.39 is 0 Å². The number of aromatic hydroxyl groups is 1. The van der Waals surface area contributed by atoms with Gasteiger partial charge in [0.15, 0.2) is 0 Å². The van der Waals surface area contributed by atoms with Crippen LogP contribution in [0.1, 0.15) is 49.8 Å². The third-order valence-corrected chi connectivity index (χ3v) is 4.55. The molecule has 0 amide bonds. The van der Waals surface area contributed by atoms with Gasteiger partial charge in [0.05, 0.1) is 0 Å². The zero-order chi connectivity index (χ0) is 12.5. The van der Waals surface area contributed by atoms with Gasteiger partial charge in [-0.05, 0) is 73.7 Å². The third kappa shape index (κ3) is 2.54. The average molecular weight is 245 g/mol. The molecule has 0 saturated heterocycles. The molecular weight excluding hydrogens is 222 g/mol. The van der Waals surface area contributed by atoms with Crippen LogP contribution in [0.2, 0.25) is 0 Å². The lowest BCUT2D eigenvalue weighted by Gasteiger charge is -2.28. The maximum Gasteiger partial charge on any atom is 0.115 e. The van der Waals surface area contributed by atoms with E-state index in [-0.39, 0.29) is 0 Å². The minimum Gasteiger partial charge on any atom is -0.508 e. The van der Waals surface area contributed by atoms with Crippen molar-refractivity contribution in [2.45, 2.75) is 45.1 Å². The first-order valence-corrected chi connectivity index (χ1v) is 7.29. The molecule has 2 unspecified atom stereocenters. The highest BCUT2D eigenvalue weighted by Gasteiger charge is 2.28. The van der Waals surface area contributed by atoms with Crippen molar-refractivity contribution in [2.24, 2.45) is 11.8 Å². The Kier molecular flexibility index (Phi) is 3.29. The molecule has 2 aliphatic rings. The summed E-state index contributed by atoms with van der Waals surface area (Å²) in [6, 6.07) is 6.36. The number of rotatable bonds is 4. The van der Waals surface area contributed by atoms with Crippen LogP contribution in [0, 0.1) is 11.8 Å². The van der Waals surface area contributed by atoms with Crippen LogP contribution in [-0.4, -0.2) is 11.7 Å². The van der Waals surface area contributed by atoms with Gasteiger partial charge in [-0.1, -0.05) is 13.0 Å². The lowest BCUT2D eigenvalue weighted by atomic mass is 9.87. The molecule has 0 radical (unpaired) electrons. The molecule has 2 atom stereocenters. The summed E-state index contributed by atoms with van der Waals surface area (Å²) in [6.07, 6.45) is 6.43. The number of aryl methyl sites for hydroxylation is 1. The fourth-order valence-electron chi connectivity index (χ4n) is 3.17. The number of phenols is 1. The lowest BCUT2D eigenvalue weighted by molar-refractivity contribution is 0.390. The second kappa shape index (κ2) is 4.93. The van der Waals surface area contributed by atoms with Crippen molar-refractivity contribution in [1.29, 1.82) is 0 Å². The van der Waals surface area contributed by atoms with Gasteiger partial charge in [0.1, 0.15) is 5.75 Å². The summed E-state index contributed by atoms with van der Waals surface area (Å²) in [5.41, 5.74) is 2.74. The van der Waals surface area contributed by atoms with E-state index in [1.807, 2.05) is 12.1 Å². The Hall–Kier alpha value is -1.02. The molecule has 1 aromatic carbocycles. The first-order valence-electron chi connectivity index (χ1n) is 7.29. The van der Waals surface area contributed by atoms with Crippen molar-refractivity contribution < 1.29 is 5.11 Å². The number of phenolic OH excluding ortho intramolecular Hbond substituents is 1. The van der Waals surface area contributed by atoms with E-state index in [1.54, 1.807) is 0 Å². The van der Waals surface area contributed by atoms with E-state index in [4.69, 9.17) is 0 Å². The minimum atomic E-state index is 0.403. The van der Waals surface area contributed by atoms with E-state index in [9.17, 15) is 5.11 Å². The summed E-state index contributed by atoms with van der Waals surface area (Å²) in [5, 5.41) is 13.3. The molecular formula is C16H23NO. The number of benzene rings is 1. The van der Waals surface area contributed by atoms with E-state index in [2.05, 4.69) is 18.3 Å². The average Bonchev–Trinajstić information content (AvgIpc) is 3.19. The van der Waals surface area contributed by atoms with Gasteiger partial charge in [-0.25, -0.2) is 0 Å². The standard InChI is InChI=1S/C16H23NO/c1-11(12-5-6-12)10-17-16-4-2-3-13-9-14(18)7-8-15(13)16/h7-9,11-12,16-18H,2-6,10H2,1H3. The Bertz CT molecular complexity index is 425. The molecule has 18 heavy (non-hydrogen) atoms. The first kappa shape index (κ1) is 12.0. The largest absolute Gasteiger partial charge is 0.508 e. The Balaban J connectivity index is 1.66. The van der Waals surface area contributed by atoms with Crippen LogP contribution in [0.4, 0.5) is 0 Å². The smallest absolute Gasteiger partial charge is 0.115 e. The maximum absolute atomic E-state index is 9.55. The summed E-state index contributed by atoms with van der Waals surface area (Å²) in [7, 11) is 0. The molecule has 0 bridgehead atoms. The van der Waals surface area contributed by atoms with Gasteiger partial charge in [-0.3, -0.25) is 0 Å². The van der Waals surface area contributed by atoms with Gasteiger partial charge in [0, 0.05) is 6.04 Å². The molecule has 1 aromatic rings. The highest BCUT2D eigenvalue weighted by Crippen LogP contribution is 2.37. The van der Waals surface area contributed by atoms with Crippen molar-refractivity contribution in [3.05, 3.63) is 29.3 Å². The SMILES string of the molecule is CC(CNC1CCCc2cc(O)ccc21)C1CC1.